The zero-order valence-corrected chi connectivity index (χ0v) is 16.5. The number of thiazole rings is 1. The SMILES string of the molecule is CNc1ccc(-c2ccc(-c3nc4ccc(OC[C@H](C)O)cc4s3)cc2)cn1. The van der Waals surface area contributed by atoms with Crippen LogP contribution >= 0.6 is 11.3 Å². The summed E-state index contributed by atoms with van der Waals surface area (Å²) in [5, 5.41) is 13.4. The maximum absolute atomic E-state index is 9.37. The van der Waals surface area contributed by atoms with E-state index in [1.54, 1.807) is 18.3 Å². The fourth-order valence-corrected chi connectivity index (χ4v) is 3.85. The van der Waals surface area contributed by atoms with Crippen LogP contribution in [-0.4, -0.2) is 34.8 Å². The van der Waals surface area contributed by atoms with E-state index in [-0.39, 0.29) is 6.61 Å². The van der Waals surface area contributed by atoms with Gasteiger partial charge in [-0.1, -0.05) is 24.3 Å². The van der Waals surface area contributed by atoms with Gasteiger partial charge in [0.1, 0.15) is 23.2 Å². The van der Waals surface area contributed by atoms with Crippen molar-refractivity contribution in [3.8, 4) is 27.4 Å². The summed E-state index contributed by atoms with van der Waals surface area (Å²) < 4.78 is 6.65. The van der Waals surface area contributed by atoms with Gasteiger partial charge in [0.15, 0.2) is 0 Å². The highest BCUT2D eigenvalue weighted by Gasteiger charge is 2.09. The van der Waals surface area contributed by atoms with E-state index in [0.29, 0.717) is 0 Å². The van der Waals surface area contributed by atoms with Crippen molar-refractivity contribution in [2.75, 3.05) is 19.0 Å². The summed E-state index contributed by atoms with van der Waals surface area (Å²) in [5.41, 5.74) is 4.22. The average molecular weight is 391 g/mol. The molecule has 0 amide bonds. The number of pyridine rings is 1. The van der Waals surface area contributed by atoms with E-state index in [9.17, 15) is 5.11 Å². The van der Waals surface area contributed by atoms with E-state index in [4.69, 9.17) is 9.72 Å². The standard InChI is InChI=1S/C22H21N3O2S/c1-14(26)13-27-18-8-9-19-20(11-18)28-22(25-19)16-5-3-15(4-6-16)17-7-10-21(23-2)24-12-17/h3-12,14,26H,13H2,1-2H3,(H,23,24)/t14-/m0/s1. The molecule has 0 saturated heterocycles. The maximum Gasteiger partial charge on any atom is 0.125 e. The molecule has 2 aromatic carbocycles. The molecule has 0 aliphatic heterocycles. The predicted octanol–water partition coefficient (Wildman–Crippen LogP) is 4.83. The smallest absolute Gasteiger partial charge is 0.125 e. The Kier molecular flexibility index (Phi) is 5.23. The van der Waals surface area contributed by atoms with Crippen LogP contribution < -0.4 is 10.1 Å². The molecule has 0 unspecified atom stereocenters. The normalized spacial score (nSPS) is 12.1. The fraction of sp³-hybridized carbons (Fsp3) is 0.182. The molecule has 6 heteroatoms. The number of benzene rings is 2. The highest BCUT2D eigenvalue weighted by Crippen LogP contribution is 2.33. The summed E-state index contributed by atoms with van der Waals surface area (Å²) >= 11 is 1.63. The molecule has 0 fully saturated rings. The summed E-state index contributed by atoms with van der Waals surface area (Å²) in [7, 11) is 1.86. The van der Waals surface area contributed by atoms with Gasteiger partial charge in [0.25, 0.3) is 0 Å². The Hall–Kier alpha value is -2.96. The molecule has 0 aliphatic rings. The molecular formula is C22H21N3O2S. The predicted molar refractivity (Wildman–Crippen MR) is 115 cm³/mol. The van der Waals surface area contributed by atoms with Gasteiger partial charge in [-0.25, -0.2) is 9.97 Å². The van der Waals surface area contributed by atoms with Crippen LogP contribution in [0.5, 0.6) is 5.75 Å². The molecule has 5 nitrogen and oxygen atoms in total. The van der Waals surface area contributed by atoms with Gasteiger partial charge in [0.05, 0.1) is 16.3 Å². The third-order valence-corrected chi connectivity index (χ3v) is 5.40. The van der Waals surface area contributed by atoms with Gasteiger partial charge < -0.3 is 15.2 Å². The fourth-order valence-electron chi connectivity index (χ4n) is 2.85. The number of hydrogen-bond acceptors (Lipinski definition) is 6. The number of anilines is 1. The molecule has 0 spiro atoms. The Labute approximate surface area is 167 Å². The van der Waals surface area contributed by atoms with Crippen LogP contribution in [0.15, 0.2) is 60.8 Å². The van der Waals surface area contributed by atoms with E-state index in [2.05, 4.69) is 40.6 Å². The summed E-state index contributed by atoms with van der Waals surface area (Å²) in [6.07, 6.45) is 1.38. The second kappa shape index (κ2) is 7.96. The van der Waals surface area contributed by atoms with Crippen LogP contribution in [0.3, 0.4) is 0 Å². The molecule has 0 bridgehead atoms. The van der Waals surface area contributed by atoms with Crippen molar-refractivity contribution in [1.29, 1.82) is 0 Å². The third-order valence-electron chi connectivity index (χ3n) is 4.34. The number of nitrogens with one attached hydrogen (secondary N) is 1. The molecule has 4 rings (SSSR count). The Bertz CT molecular complexity index is 1070. The first kappa shape index (κ1) is 18.4. The number of hydrogen-bond donors (Lipinski definition) is 2. The number of aromatic nitrogens is 2. The molecule has 0 saturated carbocycles. The first-order valence-corrected chi connectivity index (χ1v) is 9.90. The highest BCUT2D eigenvalue weighted by molar-refractivity contribution is 7.21. The molecule has 2 N–H and O–H groups in total. The van der Waals surface area contributed by atoms with Crippen LogP contribution in [-0.2, 0) is 0 Å². The molecular weight excluding hydrogens is 370 g/mol. The molecule has 0 aliphatic carbocycles. The summed E-state index contributed by atoms with van der Waals surface area (Å²) in [6.45, 7) is 1.99. The Morgan fingerprint density at radius 1 is 1.04 bits per heavy atom. The van der Waals surface area contributed by atoms with Gasteiger partial charge in [-0.3, -0.25) is 0 Å². The average Bonchev–Trinajstić information content (AvgIpc) is 3.16. The van der Waals surface area contributed by atoms with E-state index in [1.165, 1.54) is 0 Å². The quantitative estimate of drug-likeness (QED) is 0.493. The monoisotopic (exact) mass is 391 g/mol. The van der Waals surface area contributed by atoms with Crippen molar-refractivity contribution < 1.29 is 9.84 Å². The van der Waals surface area contributed by atoms with Gasteiger partial charge >= 0.3 is 0 Å². The van der Waals surface area contributed by atoms with Crippen LogP contribution in [0.25, 0.3) is 31.9 Å². The summed E-state index contributed by atoms with van der Waals surface area (Å²) in [4.78, 5) is 9.11. The van der Waals surface area contributed by atoms with Crippen LogP contribution in [0.2, 0.25) is 0 Å². The largest absolute Gasteiger partial charge is 0.491 e. The van der Waals surface area contributed by atoms with Crippen molar-refractivity contribution in [3.63, 3.8) is 0 Å². The lowest BCUT2D eigenvalue weighted by Gasteiger charge is -2.07. The zero-order chi connectivity index (χ0) is 19.5. The van der Waals surface area contributed by atoms with Crippen LogP contribution in [0.1, 0.15) is 6.92 Å². The zero-order valence-electron chi connectivity index (χ0n) is 15.7. The second-order valence-electron chi connectivity index (χ2n) is 6.57. The van der Waals surface area contributed by atoms with Crippen molar-refractivity contribution in [3.05, 3.63) is 60.8 Å². The molecule has 142 valence electrons. The van der Waals surface area contributed by atoms with Crippen molar-refractivity contribution in [2.24, 2.45) is 0 Å². The molecule has 2 aromatic heterocycles. The molecule has 2 heterocycles. The topological polar surface area (TPSA) is 67.3 Å². The number of aliphatic hydroxyl groups is 1. The number of ether oxygens (including phenoxy) is 1. The van der Waals surface area contributed by atoms with Crippen LogP contribution in [0.4, 0.5) is 5.82 Å². The minimum absolute atomic E-state index is 0.281. The van der Waals surface area contributed by atoms with Crippen LogP contribution in [0, 0.1) is 0 Å². The van der Waals surface area contributed by atoms with E-state index in [0.717, 1.165) is 43.5 Å². The maximum atomic E-state index is 9.37. The minimum Gasteiger partial charge on any atom is -0.491 e. The number of rotatable bonds is 6. The lowest BCUT2D eigenvalue weighted by molar-refractivity contribution is 0.123. The molecule has 1 atom stereocenters. The van der Waals surface area contributed by atoms with E-state index < -0.39 is 6.10 Å². The van der Waals surface area contributed by atoms with Gasteiger partial charge in [0.2, 0.25) is 0 Å². The minimum atomic E-state index is -0.490. The Morgan fingerprint density at radius 3 is 2.46 bits per heavy atom. The lowest BCUT2D eigenvalue weighted by Crippen LogP contribution is -2.12. The first-order valence-electron chi connectivity index (χ1n) is 9.08. The van der Waals surface area contributed by atoms with Crippen molar-refractivity contribution in [2.45, 2.75) is 13.0 Å². The molecule has 4 aromatic rings. The van der Waals surface area contributed by atoms with Gasteiger partial charge in [-0.05, 0) is 42.8 Å². The number of nitrogens with zero attached hydrogens (tertiary/aromatic N) is 2. The summed E-state index contributed by atoms with van der Waals surface area (Å²) in [5.74, 6) is 1.60. The molecule has 28 heavy (non-hydrogen) atoms. The Balaban J connectivity index is 1.57. The first-order chi connectivity index (χ1) is 13.6. The lowest BCUT2D eigenvalue weighted by atomic mass is 10.1. The van der Waals surface area contributed by atoms with Gasteiger partial charge in [-0.2, -0.15) is 0 Å². The number of aliphatic hydroxyl groups excluding tert-OH is 1. The Morgan fingerprint density at radius 2 is 1.79 bits per heavy atom. The highest BCUT2D eigenvalue weighted by atomic mass is 32.1. The van der Waals surface area contributed by atoms with E-state index >= 15 is 0 Å². The van der Waals surface area contributed by atoms with Gasteiger partial charge in [0, 0.05) is 24.4 Å². The second-order valence-corrected chi connectivity index (χ2v) is 7.60. The summed E-state index contributed by atoms with van der Waals surface area (Å²) in [6, 6.07) is 18.2. The van der Waals surface area contributed by atoms with Gasteiger partial charge in [-0.15, -0.1) is 11.3 Å². The van der Waals surface area contributed by atoms with Crippen molar-refractivity contribution >= 4 is 27.4 Å². The van der Waals surface area contributed by atoms with E-state index in [1.807, 2.05) is 37.5 Å². The van der Waals surface area contributed by atoms with Crippen molar-refractivity contribution in [1.82, 2.24) is 9.97 Å². The third kappa shape index (κ3) is 3.98. The number of fused-ring (bicyclic) bond motifs is 1. The molecule has 0 radical (unpaired) electrons.